The van der Waals surface area contributed by atoms with Crippen LogP contribution in [-0.2, 0) is 4.74 Å². The molecule has 1 aromatic heterocycles. The maximum absolute atomic E-state index is 11.3. The van der Waals surface area contributed by atoms with Gasteiger partial charge in [-0.15, -0.1) is 0 Å². The number of ether oxygens (including phenoxy) is 1. The molecule has 0 spiro atoms. The van der Waals surface area contributed by atoms with E-state index < -0.39 is 5.97 Å². The summed E-state index contributed by atoms with van der Waals surface area (Å²) in [5, 5.41) is 9.24. The Morgan fingerprint density at radius 1 is 1.53 bits per heavy atom. The molecular weight excluding hydrogens is 240 g/mol. The third kappa shape index (κ3) is 2.53. The molecule has 0 aliphatic carbocycles. The zero-order chi connectivity index (χ0) is 12.4. The van der Waals surface area contributed by atoms with Crippen molar-refractivity contribution in [2.45, 2.75) is 25.7 Å². The second kappa shape index (κ2) is 4.93. The lowest BCUT2D eigenvalue weighted by Gasteiger charge is -2.23. The van der Waals surface area contributed by atoms with E-state index >= 15 is 0 Å². The van der Waals surface area contributed by atoms with E-state index in [2.05, 4.69) is 9.97 Å². The van der Waals surface area contributed by atoms with Gasteiger partial charge in [0.05, 0.1) is 5.69 Å². The number of nitrogens with one attached hydrogen (secondary N) is 1. The van der Waals surface area contributed by atoms with Gasteiger partial charge >= 0.3 is 5.97 Å². The third-order valence-electron chi connectivity index (χ3n) is 2.97. The van der Waals surface area contributed by atoms with E-state index in [9.17, 15) is 9.90 Å². The fraction of sp³-hybridized carbons (Fsp3) is 0.545. The first kappa shape index (κ1) is 12.2. The predicted molar refractivity (Wildman–Crippen MR) is 63.9 cm³/mol. The monoisotopic (exact) mass is 254 g/mol. The van der Waals surface area contributed by atoms with E-state index in [1.807, 2.05) is 0 Å². The Morgan fingerprint density at radius 3 is 2.76 bits per heavy atom. The Labute approximate surface area is 104 Å². The molecule has 6 heteroatoms. The summed E-state index contributed by atoms with van der Waals surface area (Å²) in [6, 6.07) is 0. The number of H-pyrrole nitrogens is 1. The van der Waals surface area contributed by atoms with E-state index in [-0.39, 0.29) is 11.5 Å². The highest BCUT2D eigenvalue weighted by Crippen LogP contribution is 2.28. The van der Waals surface area contributed by atoms with Crippen LogP contribution in [0.5, 0.6) is 0 Å². The molecule has 0 aromatic carbocycles. The van der Waals surface area contributed by atoms with Crippen molar-refractivity contribution in [3.05, 3.63) is 21.7 Å². The molecule has 1 aromatic rings. The number of rotatable bonds is 2. The van der Waals surface area contributed by atoms with Gasteiger partial charge in [-0.05, 0) is 32.0 Å². The first-order chi connectivity index (χ1) is 8.09. The Bertz CT molecular complexity index is 492. The fourth-order valence-corrected chi connectivity index (χ4v) is 2.40. The molecule has 1 fully saturated rings. The molecule has 0 saturated carbocycles. The largest absolute Gasteiger partial charge is 0.478 e. The van der Waals surface area contributed by atoms with Gasteiger partial charge in [-0.2, -0.15) is 0 Å². The standard InChI is InChI=1S/C11H14N2O3S/c1-6-8(10(14)15)9(13-11(17)12-6)7-2-4-16-5-3-7/h7H,2-5H2,1H3,(H,14,15)(H,12,13,17). The summed E-state index contributed by atoms with van der Waals surface area (Å²) in [5.74, 6) is -0.826. The molecule has 1 saturated heterocycles. The lowest BCUT2D eigenvalue weighted by atomic mass is 9.92. The molecule has 5 nitrogen and oxygen atoms in total. The van der Waals surface area contributed by atoms with Crippen LogP contribution in [0.2, 0.25) is 0 Å². The molecule has 17 heavy (non-hydrogen) atoms. The molecule has 2 rings (SSSR count). The second-order valence-corrected chi connectivity index (χ2v) is 4.51. The van der Waals surface area contributed by atoms with Crippen molar-refractivity contribution < 1.29 is 14.6 Å². The number of carboxylic acids is 1. The maximum Gasteiger partial charge on any atom is 0.339 e. The molecule has 2 N–H and O–H groups in total. The number of hydrogen-bond acceptors (Lipinski definition) is 4. The summed E-state index contributed by atoms with van der Waals surface area (Å²) >= 11 is 5.01. The Kier molecular flexibility index (Phi) is 3.54. The summed E-state index contributed by atoms with van der Waals surface area (Å²) in [4.78, 5) is 18.3. The van der Waals surface area contributed by atoms with E-state index in [0.717, 1.165) is 12.8 Å². The minimum Gasteiger partial charge on any atom is -0.478 e. The summed E-state index contributed by atoms with van der Waals surface area (Å²) in [7, 11) is 0. The fourth-order valence-electron chi connectivity index (χ4n) is 2.14. The number of carbonyl (C=O) groups is 1. The van der Waals surface area contributed by atoms with Crippen LogP contribution in [0.3, 0.4) is 0 Å². The lowest BCUT2D eigenvalue weighted by Crippen LogP contribution is -2.19. The van der Waals surface area contributed by atoms with Crippen molar-refractivity contribution in [2.75, 3.05) is 13.2 Å². The van der Waals surface area contributed by atoms with Gasteiger partial charge in [0.1, 0.15) is 5.56 Å². The van der Waals surface area contributed by atoms with Crippen molar-refractivity contribution >= 4 is 18.2 Å². The molecule has 0 unspecified atom stereocenters. The highest BCUT2D eigenvalue weighted by atomic mass is 32.1. The minimum atomic E-state index is -0.956. The number of aromatic amines is 1. The summed E-state index contributed by atoms with van der Waals surface area (Å²) in [6.45, 7) is 3.01. The highest BCUT2D eigenvalue weighted by Gasteiger charge is 2.24. The Balaban J connectivity index is 2.50. The Hall–Kier alpha value is -1.27. The van der Waals surface area contributed by atoms with Gasteiger partial charge in [0.25, 0.3) is 0 Å². The molecule has 0 atom stereocenters. The van der Waals surface area contributed by atoms with E-state index in [1.54, 1.807) is 6.92 Å². The van der Waals surface area contributed by atoms with Crippen molar-refractivity contribution in [2.24, 2.45) is 0 Å². The number of carboxylic acid groups (broad SMARTS) is 1. The number of aryl methyl sites for hydroxylation is 1. The topological polar surface area (TPSA) is 75.2 Å². The van der Waals surface area contributed by atoms with Crippen LogP contribution in [0.4, 0.5) is 0 Å². The van der Waals surface area contributed by atoms with Crippen LogP contribution in [0.25, 0.3) is 0 Å². The molecule has 2 heterocycles. The minimum absolute atomic E-state index is 0.129. The van der Waals surface area contributed by atoms with Crippen molar-refractivity contribution in [3.63, 3.8) is 0 Å². The zero-order valence-electron chi connectivity index (χ0n) is 9.52. The SMILES string of the molecule is Cc1[nH]c(=S)nc(C2CCOCC2)c1C(=O)O. The van der Waals surface area contributed by atoms with Gasteiger partial charge in [0, 0.05) is 24.8 Å². The van der Waals surface area contributed by atoms with E-state index in [0.29, 0.717) is 29.4 Å². The molecule has 92 valence electrons. The van der Waals surface area contributed by atoms with Gasteiger partial charge in [0.2, 0.25) is 0 Å². The Morgan fingerprint density at radius 2 is 2.18 bits per heavy atom. The average molecular weight is 254 g/mol. The van der Waals surface area contributed by atoms with E-state index in [1.165, 1.54) is 0 Å². The first-order valence-corrected chi connectivity index (χ1v) is 5.92. The number of aromatic nitrogens is 2. The van der Waals surface area contributed by atoms with Crippen LogP contribution in [-0.4, -0.2) is 34.3 Å². The summed E-state index contributed by atoms with van der Waals surface area (Å²) in [6.07, 6.45) is 1.59. The number of hydrogen-bond donors (Lipinski definition) is 2. The molecule has 1 aliphatic rings. The van der Waals surface area contributed by atoms with Crippen molar-refractivity contribution in [3.8, 4) is 0 Å². The second-order valence-electron chi connectivity index (χ2n) is 4.12. The predicted octanol–water partition coefficient (Wildman–Crippen LogP) is 2.04. The van der Waals surface area contributed by atoms with Crippen molar-refractivity contribution in [1.82, 2.24) is 9.97 Å². The van der Waals surface area contributed by atoms with Crippen LogP contribution in [0.1, 0.15) is 40.5 Å². The molecule has 1 aliphatic heterocycles. The van der Waals surface area contributed by atoms with Crippen LogP contribution in [0.15, 0.2) is 0 Å². The van der Waals surface area contributed by atoms with Gasteiger partial charge < -0.3 is 14.8 Å². The van der Waals surface area contributed by atoms with Crippen LogP contribution in [0, 0.1) is 11.7 Å². The highest BCUT2D eigenvalue weighted by molar-refractivity contribution is 7.71. The van der Waals surface area contributed by atoms with Gasteiger partial charge in [-0.25, -0.2) is 9.78 Å². The maximum atomic E-state index is 11.3. The van der Waals surface area contributed by atoms with Crippen LogP contribution >= 0.6 is 12.2 Å². The third-order valence-corrected chi connectivity index (χ3v) is 3.16. The molecule has 0 amide bonds. The first-order valence-electron chi connectivity index (χ1n) is 5.51. The number of aromatic carboxylic acids is 1. The van der Waals surface area contributed by atoms with Crippen LogP contribution < -0.4 is 0 Å². The number of nitrogens with zero attached hydrogens (tertiary/aromatic N) is 1. The normalized spacial score (nSPS) is 17.0. The summed E-state index contributed by atoms with van der Waals surface area (Å²) in [5.41, 5.74) is 1.42. The molecule has 0 radical (unpaired) electrons. The zero-order valence-corrected chi connectivity index (χ0v) is 10.3. The van der Waals surface area contributed by atoms with Gasteiger partial charge in [0.15, 0.2) is 4.77 Å². The average Bonchev–Trinajstić information content (AvgIpc) is 2.28. The van der Waals surface area contributed by atoms with Gasteiger partial charge in [-0.1, -0.05) is 0 Å². The lowest BCUT2D eigenvalue weighted by molar-refractivity contribution is 0.0681. The quantitative estimate of drug-likeness (QED) is 0.790. The smallest absolute Gasteiger partial charge is 0.339 e. The van der Waals surface area contributed by atoms with Crippen molar-refractivity contribution in [1.29, 1.82) is 0 Å². The summed E-state index contributed by atoms with van der Waals surface area (Å²) < 4.78 is 5.61. The van der Waals surface area contributed by atoms with E-state index in [4.69, 9.17) is 17.0 Å². The van der Waals surface area contributed by atoms with Gasteiger partial charge in [-0.3, -0.25) is 0 Å². The molecule has 0 bridgehead atoms. The molecular formula is C11H14N2O3S.